The summed E-state index contributed by atoms with van der Waals surface area (Å²) in [5.74, 6) is 1.88. The second-order valence-corrected chi connectivity index (χ2v) is 6.53. The topological polar surface area (TPSA) is 80.3 Å². The molecular formula is C16H24N6O2. The number of nitrogens with zero attached hydrogens (tertiary/aromatic N) is 6. The van der Waals surface area contributed by atoms with Gasteiger partial charge in [0.1, 0.15) is 0 Å². The van der Waals surface area contributed by atoms with Crippen LogP contribution in [-0.4, -0.2) is 55.9 Å². The van der Waals surface area contributed by atoms with Crippen molar-refractivity contribution < 1.29 is 9.32 Å². The molecule has 3 rings (SSSR count). The Bertz CT molecular complexity index is 686. The first kappa shape index (κ1) is 16.5. The summed E-state index contributed by atoms with van der Waals surface area (Å²) in [7, 11) is 3.71. The summed E-state index contributed by atoms with van der Waals surface area (Å²) in [5.41, 5.74) is 1.04. The Hall–Kier alpha value is -2.38. The molecule has 2 amide bonds. The molecule has 1 fully saturated rings. The highest BCUT2D eigenvalue weighted by atomic mass is 16.5. The lowest BCUT2D eigenvalue weighted by atomic mass is 9.93. The van der Waals surface area contributed by atoms with Crippen molar-refractivity contribution in [3.63, 3.8) is 0 Å². The molecule has 1 aliphatic rings. The largest absolute Gasteiger partial charge is 0.340 e. The fraction of sp³-hybridized carbons (Fsp3) is 0.625. The Labute approximate surface area is 141 Å². The van der Waals surface area contributed by atoms with Crippen molar-refractivity contribution >= 4 is 6.03 Å². The monoisotopic (exact) mass is 332 g/mol. The molecule has 24 heavy (non-hydrogen) atoms. The zero-order valence-electron chi connectivity index (χ0n) is 14.5. The molecule has 8 nitrogen and oxygen atoms in total. The number of carbonyl (C=O) groups excluding carboxylic acids is 1. The van der Waals surface area contributed by atoms with E-state index in [1.165, 1.54) is 0 Å². The van der Waals surface area contributed by atoms with Gasteiger partial charge in [0.2, 0.25) is 5.89 Å². The van der Waals surface area contributed by atoms with Gasteiger partial charge in [0, 0.05) is 52.3 Å². The lowest BCUT2D eigenvalue weighted by Gasteiger charge is -2.34. The van der Waals surface area contributed by atoms with Gasteiger partial charge >= 0.3 is 6.03 Å². The first-order valence-corrected chi connectivity index (χ1v) is 8.28. The number of hydrogen-bond donors (Lipinski definition) is 0. The molecule has 0 bridgehead atoms. The van der Waals surface area contributed by atoms with Gasteiger partial charge in [-0.05, 0) is 18.8 Å². The summed E-state index contributed by atoms with van der Waals surface area (Å²) in [6.07, 6.45) is 6.50. The molecule has 0 aliphatic carbocycles. The molecule has 3 heterocycles. The second-order valence-electron chi connectivity index (χ2n) is 6.53. The van der Waals surface area contributed by atoms with E-state index in [1.807, 2.05) is 25.2 Å². The van der Waals surface area contributed by atoms with Gasteiger partial charge in [0.15, 0.2) is 5.82 Å². The summed E-state index contributed by atoms with van der Waals surface area (Å²) in [5, 5.41) is 8.10. The number of urea groups is 1. The van der Waals surface area contributed by atoms with Gasteiger partial charge in [-0.25, -0.2) is 4.79 Å². The summed E-state index contributed by atoms with van der Waals surface area (Å²) in [6.45, 7) is 3.93. The standard InChI is InChI=1S/C16H24N6O2/c1-12-18-15(19-24-12)8-13-4-6-22(7-5-13)16(23)20(2)10-14-9-17-21(3)11-14/h9,11,13H,4-8,10H2,1-3H3. The summed E-state index contributed by atoms with van der Waals surface area (Å²) in [4.78, 5) is 20.5. The molecule has 2 aromatic rings. The zero-order chi connectivity index (χ0) is 17.1. The van der Waals surface area contributed by atoms with Crippen LogP contribution in [0.3, 0.4) is 0 Å². The first-order valence-electron chi connectivity index (χ1n) is 8.28. The third-order valence-corrected chi connectivity index (χ3v) is 4.43. The maximum absolute atomic E-state index is 12.6. The molecule has 130 valence electrons. The van der Waals surface area contributed by atoms with E-state index >= 15 is 0 Å². The van der Waals surface area contributed by atoms with Gasteiger partial charge in [-0.2, -0.15) is 10.1 Å². The zero-order valence-corrected chi connectivity index (χ0v) is 14.5. The maximum atomic E-state index is 12.6. The molecule has 0 spiro atoms. The van der Waals surface area contributed by atoms with Crippen LogP contribution in [-0.2, 0) is 20.0 Å². The molecule has 0 N–H and O–H groups in total. The van der Waals surface area contributed by atoms with E-state index in [-0.39, 0.29) is 6.03 Å². The number of likely N-dealkylation sites (tertiary alicyclic amines) is 1. The molecular weight excluding hydrogens is 308 g/mol. The van der Waals surface area contributed by atoms with Crippen LogP contribution in [0.15, 0.2) is 16.9 Å². The normalized spacial score (nSPS) is 15.7. The summed E-state index contributed by atoms with van der Waals surface area (Å²) >= 11 is 0. The molecule has 0 radical (unpaired) electrons. The number of piperidine rings is 1. The minimum Gasteiger partial charge on any atom is -0.340 e. The quantitative estimate of drug-likeness (QED) is 0.850. The van der Waals surface area contributed by atoms with Crippen molar-refractivity contribution in [2.75, 3.05) is 20.1 Å². The highest BCUT2D eigenvalue weighted by Gasteiger charge is 2.26. The number of rotatable bonds is 4. The van der Waals surface area contributed by atoms with E-state index in [0.717, 1.165) is 43.7 Å². The lowest BCUT2D eigenvalue weighted by molar-refractivity contribution is 0.138. The van der Waals surface area contributed by atoms with Crippen molar-refractivity contribution in [1.82, 2.24) is 29.7 Å². The first-order chi connectivity index (χ1) is 11.5. The second kappa shape index (κ2) is 7.02. The third kappa shape index (κ3) is 3.93. The van der Waals surface area contributed by atoms with E-state index in [9.17, 15) is 4.79 Å². The minimum absolute atomic E-state index is 0.0766. The molecule has 2 aromatic heterocycles. The number of aryl methyl sites for hydroxylation is 2. The van der Waals surface area contributed by atoms with Crippen molar-refractivity contribution in [1.29, 1.82) is 0 Å². The van der Waals surface area contributed by atoms with Crippen molar-refractivity contribution in [3.05, 3.63) is 29.7 Å². The molecule has 0 atom stereocenters. The average Bonchev–Trinajstić information content (AvgIpc) is 3.15. The Morgan fingerprint density at radius 3 is 2.75 bits per heavy atom. The van der Waals surface area contributed by atoms with Gasteiger partial charge in [-0.15, -0.1) is 0 Å². The van der Waals surface area contributed by atoms with Gasteiger partial charge in [-0.3, -0.25) is 4.68 Å². The van der Waals surface area contributed by atoms with Gasteiger partial charge in [-0.1, -0.05) is 5.16 Å². The van der Waals surface area contributed by atoms with Gasteiger partial charge in [0.05, 0.1) is 12.7 Å². The summed E-state index contributed by atoms with van der Waals surface area (Å²) in [6, 6.07) is 0.0766. The predicted octanol–water partition coefficient (Wildman–Crippen LogP) is 1.62. The summed E-state index contributed by atoms with van der Waals surface area (Å²) < 4.78 is 6.76. The Kier molecular flexibility index (Phi) is 4.82. The van der Waals surface area contributed by atoms with Crippen LogP contribution in [0.4, 0.5) is 4.79 Å². The van der Waals surface area contributed by atoms with E-state index in [4.69, 9.17) is 4.52 Å². The molecule has 0 unspecified atom stereocenters. The number of hydrogen-bond acceptors (Lipinski definition) is 5. The van der Waals surface area contributed by atoms with E-state index < -0.39 is 0 Å². The average molecular weight is 332 g/mol. The lowest BCUT2D eigenvalue weighted by Crippen LogP contribution is -2.45. The van der Waals surface area contributed by atoms with Crippen LogP contribution in [0.1, 0.15) is 30.1 Å². The SMILES string of the molecule is Cc1nc(CC2CCN(C(=O)N(C)Cc3cnn(C)c3)CC2)no1. The maximum Gasteiger partial charge on any atom is 0.320 e. The van der Waals surface area contributed by atoms with Crippen LogP contribution < -0.4 is 0 Å². The molecule has 8 heteroatoms. The molecule has 1 saturated heterocycles. The molecule has 0 saturated carbocycles. The van der Waals surface area contributed by atoms with Crippen molar-refractivity contribution in [2.24, 2.45) is 13.0 Å². The van der Waals surface area contributed by atoms with Gasteiger partial charge < -0.3 is 14.3 Å². The fourth-order valence-electron chi connectivity index (χ4n) is 3.15. The van der Waals surface area contributed by atoms with Crippen molar-refractivity contribution in [2.45, 2.75) is 32.7 Å². The predicted molar refractivity (Wildman–Crippen MR) is 87.1 cm³/mol. The molecule has 1 aliphatic heterocycles. The number of amides is 2. The molecule has 0 aromatic carbocycles. The van der Waals surface area contributed by atoms with E-state index in [1.54, 1.807) is 22.7 Å². The Morgan fingerprint density at radius 1 is 1.42 bits per heavy atom. The van der Waals surface area contributed by atoms with Crippen LogP contribution >= 0.6 is 0 Å². The Balaban J connectivity index is 1.47. The highest BCUT2D eigenvalue weighted by molar-refractivity contribution is 5.74. The fourth-order valence-corrected chi connectivity index (χ4v) is 3.15. The third-order valence-electron chi connectivity index (χ3n) is 4.43. The minimum atomic E-state index is 0.0766. The Morgan fingerprint density at radius 2 is 2.17 bits per heavy atom. The van der Waals surface area contributed by atoms with Crippen molar-refractivity contribution in [3.8, 4) is 0 Å². The number of carbonyl (C=O) groups is 1. The van der Waals surface area contributed by atoms with Crippen LogP contribution in [0, 0.1) is 12.8 Å². The van der Waals surface area contributed by atoms with Gasteiger partial charge in [0.25, 0.3) is 0 Å². The highest BCUT2D eigenvalue weighted by Crippen LogP contribution is 2.21. The van der Waals surface area contributed by atoms with Crippen LogP contribution in [0.5, 0.6) is 0 Å². The van der Waals surface area contributed by atoms with E-state index in [0.29, 0.717) is 18.4 Å². The van der Waals surface area contributed by atoms with E-state index in [2.05, 4.69) is 15.2 Å². The smallest absolute Gasteiger partial charge is 0.320 e. The number of aromatic nitrogens is 4. The van der Waals surface area contributed by atoms with Crippen LogP contribution in [0.25, 0.3) is 0 Å². The van der Waals surface area contributed by atoms with Crippen LogP contribution in [0.2, 0.25) is 0 Å².